The van der Waals surface area contributed by atoms with E-state index in [1.54, 1.807) is 6.20 Å². The number of amides is 1. The van der Waals surface area contributed by atoms with Crippen molar-refractivity contribution in [2.24, 2.45) is 0 Å². The molecule has 1 aromatic rings. The quantitative estimate of drug-likeness (QED) is 0.728. The normalized spacial score (nSPS) is 14.5. The van der Waals surface area contributed by atoms with Gasteiger partial charge in [-0.15, -0.1) is 0 Å². The van der Waals surface area contributed by atoms with E-state index in [-0.39, 0.29) is 0 Å². The van der Waals surface area contributed by atoms with Gasteiger partial charge in [-0.05, 0) is 31.9 Å². The topological polar surface area (TPSA) is 46.6 Å². The molecule has 4 nitrogen and oxygen atoms in total. The number of aldehydes is 1. The Morgan fingerprint density at radius 3 is 2.63 bits per heavy atom. The van der Waals surface area contributed by atoms with Gasteiger partial charge in [-0.2, -0.15) is 0 Å². The molecular formula is C15H17NO3. The number of hydrogen-bond donors (Lipinski definition) is 0. The third-order valence-corrected chi connectivity index (χ3v) is 2.72. The lowest BCUT2D eigenvalue weighted by Gasteiger charge is -2.28. The maximum Gasteiger partial charge on any atom is 0.414 e. The van der Waals surface area contributed by atoms with Gasteiger partial charge in [0, 0.05) is 11.8 Å². The second-order valence-corrected chi connectivity index (χ2v) is 5.47. The third-order valence-electron chi connectivity index (χ3n) is 2.72. The molecular weight excluding hydrogens is 242 g/mol. The Labute approximate surface area is 112 Å². The number of carbonyl (C=O) groups excluding carboxylic acids is 2. The van der Waals surface area contributed by atoms with Crippen LogP contribution in [0.2, 0.25) is 0 Å². The van der Waals surface area contributed by atoms with Crippen LogP contribution in [0.15, 0.2) is 30.5 Å². The number of allylic oxidation sites excluding steroid dienone is 1. The molecule has 4 heteroatoms. The predicted molar refractivity (Wildman–Crippen MR) is 72.3 cm³/mol. The summed E-state index contributed by atoms with van der Waals surface area (Å²) in [5, 5.41) is 0. The summed E-state index contributed by atoms with van der Waals surface area (Å²) < 4.78 is 5.31. The highest BCUT2D eigenvalue weighted by Gasteiger charge is 2.25. The molecule has 100 valence electrons. The van der Waals surface area contributed by atoms with Crippen molar-refractivity contribution in [3.8, 4) is 0 Å². The van der Waals surface area contributed by atoms with Gasteiger partial charge in [0.2, 0.25) is 0 Å². The Morgan fingerprint density at radius 2 is 2.00 bits per heavy atom. The molecule has 1 amide bonds. The largest absolute Gasteiger partial charge is 0.443 e. The van der Waals surface area contributed by atoms with Gasteiger partial charge in [-0.25, -0.2) is 4.79 Å². The lowest BCUT2D eigenvalue weighted by molar-refractivity contribution is -0.103. The number of ether oxygens (including phenoxy) is 1. The Hall–Kier alpha value is -2.10. The fourth-order valence-electron chi connectivity index (χ4n) is 1.94. The number of benzene rings is 1. The van der Waals surface area contributed by atoms with Gasteiger partial charge in [0.1, 0.15) is 5.60 Å². The smallest absolute Gasteiger partial charge is 0.414 e. The molecule has 0 bridgehead atoms. The lowest BCUT2D eigenvalue weighted by atomic mass is 9.98. The van der Waals surface area contributed by atoms with Crippen LogP contribution in [0.1, 0.15) is 31.9 Å². The van der Waals surface area contributed by atoms with Gasteiger partial charge in [0.05, 0.1) is 6.54 Å². The molecule has 0 radical (unpaired) electrons. The molecule has 0 atom stereocenters. The molecule has 0 fully saturated rings. The molecule has 0 saturated carbocycles. The van der Waals surface area contributed by atoms with Crippen LogP contribution in [0.5, 0.6) is 0 Å². The zero-order valence-electron chi connectivity index (χ0n) is 11.3. The number of hydrogen-bond acceptors (Lipinski definition) is 3. The summed E-state index contributed by atoms with van der Waals surface area (Å²) in [6.07, 6.45) is 1.86. The number of fused-ring (bicyclic) bond motifs is 1. The molecule has 1 aliphatic rings. The van der Waals surface area contributed by atoms with Crippen molar-refractivity contribution >= 4 is 18.0 Å². The number of rotatable bonds is 1. The SMILES string of the molecule is CC(C)(C)OC(=O)N1C=C(C=O)c2ccccc2C1. The summed E-state index contributed by atoms with van der Waals surface area (Å²) in [6, 6.07) is 7.55. The Bertz CT molecular complexity index is 541. The van der Waals surface area contributed by atoms with Crippen molar-refractivity contribution in [2.45, 2.75) is 32.9 Å². The average Bonchev–Trinajstić information content (AvgIpc) is 2.35. The standard InChI is InChI=1S/C15H17NO3/c1-15(2,3)19-14(18)16-8-11-6-4-5-7-13(11)12(9-16)10-17/h4-7,9-10H,8H2,1-3H3. The summed E-state index contributed by atoms with van der Waals surface area (Å²) in [4.78, 5) is 24.6. The highest BCUT2D eigenvalue weighted by atomic mass is 16.6. The molecule has 0 unspecified atom stereocenters. The first-order chi connectivity index (χ1) is 8.90. The van der Waals surface area contributed by atoms with Gasteiger partial charge in [0.15, 0.2) is 6.29 Å². The molecule has 0 N–H and O–H groups in total. The van der Waals surface area contributed by atoms with Crippen LogP contribution in [0.4, 0.5) is 4.79 Å². The van der Waals surface area contributed by atoms with Crippen molar-refractivity contribution < 1.29 is 14.3 Å². The average molecular weight is 259 g/mol. The summed E-state index contributed by atoms with van der Waals surface area (Å²) in [6.45, 7) is 5.86. The minimum atomic E-state index is -0.552. The van der Waals surface area contributed by atoms with Crippen molar-refractivity contribution in [1.29, 1.82) is 0 Å². The van der Waals surface area contributed by atoms with Crippen molar-refractivity contribution in [3.63, 3.8) is 0 Å². The van der Waals surface area contributed by atoms with Gasteiger partial charge < -0.3 is 4.74 Å². The first-order valence-electron chi connectivity index (χ1n) is 6.15. The van der Waals surface area contributed by atoms with E-state index < -0.39 is 11.7 Å². The summed E-state index contributed by atoms with van der Waals surface area (Å²) >= 11 is 0. The van der Waals surface area contributed by atoms with Crippen LogP contribution >= 0.6 is 0 Å². The third kappa shape index (κ3) is 3.02. The highest BCUT2D eigenvalue weighted by molar-refractivity contribution is 6.08. The number of nitrogens with zero attached hydrogens (tertiary/aromatic N) is 1. The summed E-state index contributed by atoms with van der Waals surface area (Å²) in [5.41, 5.74) is 1.76. The molecule has 1 heterocycles. The first-order valence-corrected chi connectivity index (χ1v) is 6.15. The van der Waals surface area contributed by atoms with E-state index in [1.807, 2.05) is 45.0 Å². The van der Waals surface area contributed by atoms with E-state index in [9.17, 15) is 9.59 Å². The van der Waals surface area contributed by atoms with Gasteiger partial charge in [-0.3, -0.25) is 9.69 Å². The highest BCUT2D eigenvalue weighted by Crippen LogP contribution is 2.26. The van der Waals surface area contributed by atoms with Crippen LogP contribution in [-0.2, 0) is 16.1 Å². The van der Waals surface area contributed by atoms with Crippen molar-refractivity contribution in [1.82, 2.24) is 4.90 Å². The first kappa shape index (κ1) is 13.3. The van der Waals surface area contributed by atoms with E-state index in [0.717, 1.165) is 17.4 Å². The van der Waals surface area contributed by atoms with E-state index in [4.69, 9.17) is 4.74 Å². The van der Waals surface area contributed by atoms with Crippen LogP contribution in [0.25, 0.3) is 5.57 Å². The fraction of sp³-hybridized carbons (Fsp3) is 0.333. The van der Waals surface area contributed by atoms with Crippen LogP contribution < -0.4 is 0 Å². The summed E-state index contributed by atoms with van der Waals surface area (Å²) in [5.74, 6) is 0. The second-order valence-electron chi connectivity index (χ2n) is 5.47. The number of carbonyl (C=O) groups is 2. The van der Waals surface area contributed by atoms with E-state index in [1.165, 1.54) is 4.90 Å². The minimum Gasteiger partial charge on any atom is -0.443 e. The lowest BCUT2D eigenvalue weighted by Crippen LogP contribution is -2.35. The molecule has 19 heavy (non-hydrogen) atoms. The summed E-state index contributed by atoms with van der Waals surface area (Å²) in [7, 11) is 0. The molecule has 1 aromatic carbocycles. The zero-order chi connectivity index (χ0) is 14.0. The fourth-order valence-corrected chi connectivity index (χ4v) is 1.94. The molecule has 0 spiro atoms. The van der Waals surface area contributed by atoms with Gasteiger partial charge in [0.25, 0.3) is 0 Å². The second kappa shape index (κ2) is 4.88. The van der Waals surface area contributed by atoms with Gasteiger partial charge in [-0.1, -0.05) is 24.3 Å². The maximum absolute atomic E-state index is 12.0. The molecule has 2 rings (SSSR count). The van der Waals surface area contributed by atoms with E-state index >= 15 is 0 Å². The molecule has 1 aliphatic heterocycles. The molecule has 0 saturated heterocycles. The monoisotopic (exact) mass is 259 g/mol. The van der Waals surface area contributed by atoms with E-state index in [2.05, 4.69) is 0 Å². The molecule has 0 aromatic heterocycles. The van der Waals surface area contributed by atoms with Gasteiger partial charge >= 0.3 is 6.09 Å². The Morgan fingerprint density at radius 1 is 1.32 bits per heavy atom. The van der Waals surface area contributed by atoms with Crippen molar-refractivity contribution in [3.05, 3.63) is 41.6 Å². The predicted octanol–water partition coefficient (Wildman–Crippen LogP) is 2.98. The van der Waals surface area contributed by atoms with Crippen LogP contribution in [0.3, 0.4) is 0 Å². The molecule has 0 aliphatic carbocycles. The van der Waals surface area contributed by atoms with Crippen molar-refractivity contribution in [2.75, 3.05) is 0 Å². The Balaban J connectivity index is 2.28. The maximum atomic E-state index is 12.0. The minimum absolute atomic E-state index is 0.419. The van der Waals surface area contributed by atoms with Crippen LogP contribution in [-0.4, -0.2) is 22.9 Å². The van der Waals surface area contributed by atoms with Crippen LogP contribution in [0, 0.1) is 0 Å². The Kier molecular flexibility index (Phi) is 3.42. The zero-order valence-corrected chi connectivity index (χ0v) is 11.3. The van der Waals surface area contributed by atoms with E-state index in [0.29, 0.717) is 12.1 Å².